The second-order valence-corrected chi connectivity index (χ2v) is 6.98. The lowest BCUT2D eigenvalue weighted by atomic mass is 10.1. The third-order valence-electron chi connectivity index (χ3n) is 5.15. The van der Waals surface area contributed by atoms with Crippen LogP contribution in [0.15, 0.2) is 55.2 Å². The fraction of sp³-hybridized carbons (Fsp3) is 0.227. The van der Waals surface area contributed by atoms with Crippen LogP contribution in [0.5, 0.6) is 5.88 Å². The second-order valence-electron chi connectivity index (χ2n) is 6.98. The van der Waals surface area contributed by atoms with Gasteiger partial charge in [0.2, 0.25) is 5.88 Å². The zero-order chi connectivity index (χ0) is 20.5. The molecule has 4 aromatic rings. The molecule has 1 aliphatic heterocycles. The van der Waals surface area contributed by atoms with E-state index in [2.05, 4.69) is 21.7 Å². The van der Waals surface area contributed by atoms with Gasteiger partial charge in [-0.25, -0.2) is 9.67 Å². The summed E-state index contributed by atoms with van der Waals surface area (Å²) in [4.78, 5) is 7.04. The van der Waals surface area contributed by atoms with Gasteiger partial charge in [0.1, 0.15) is 5.82 Å². The summed E-state index contributed by atoms with van der Waals surface area (Å²) in [5.41, 5.74) is 3.46. The van der Waals surface area contributed by atoms with Gasteiger partial charge in [-0.2, -0.15) is 9.61 Å². The molecule has 1 aromatic carbocycles. The van der Waals surface area contributed by atoms with Crippen molar-refractivity contribution in [2.75, 3.05) is 38.3 Å². The highest BCUT2D eigenvalue weighted by molar-refractivity contribution is 5.68. The van der Waals surface area contributed by atoms with Gasteiger partial charge in [0.15, 0.2) is 11.5 Å². The van der Waals surface area contributed by atoms with Crippen LogP contribution >= 0.6 is 0 Å². The van der Waals surface area contributed by atoms with Crippen LogP contribution in [-0.4, -0.2) is 57.8 Å². The number of methoxy groups -OCH3 is 1. The molecule has 152 valence electrons. The van der Waals surface area contributed by atoms with E-state index in [1.165, 1.54) is 0 Å². The molecule has 0 atom stereocenters. The Kier molecular flexibility index (Phi) is 4.68. The van der Waals surface area contributed by atoms with Crippen molar-refractivity contribution >= 4 is 17.5 Å². The first kappa shape index (κ1) is 18.4. The van der Waals surface area contributed by atoms with Gasteiger partial charge < -0.3 is 14.4 Å². The van der Waals surface area contributed by atoms with Crippen molar-refractivity contribution in [3.05, 3.63) is 60.9 Å². The third-order valence-corrected chi connectivity index (χ3v) is 5.15. The molecule has 8 nitrogen and oxygen atoms in total. The molecule has 4 heterocycles. The summed E-state index contributed by atoms with van der Waals surface area (Å²) in [6, 6.07) is 14.0. The maximum absolute atomic E-state index is 5.54. The summed E-state index contributed by atoms with van der Waals surface area (Å²) in [6.07, 6.45) is 3.67. The van der Waals surface area contributed by atoms with Gasteiger partial charge in [0.05, 0.1) is 31.6 Å². The van der Waals surface area contributed by atoms with Crippen molar-refractivity contribution in [3.63, 3.8) is 0 Å². The Morgan fingerprint density at radius 1 is 1.10 bits per heavy atom. The molecule has 0 saturated carbocycles. The topological polar surface area (TPSA) is 69.7 Å². The van der Waals surface area contributed by atoms with Crippen molar-refractivity contribution in [3.8, 4) is 22.8 Å². The number of benzene rings is 1. The van der Waals surface area contributed by atoms with Crippen molar-refractivity contribution in [2.24, 2.45) is 0 Å². The molecule has 8 heteroatoms. The number of anilines is 1. The molecule has 1 aliphatic rings. The standard InChI is InChI=1S/C22H22N6O2/c1-3-17-13-20-23-19(14-21(28(20)24-17)26-9-11-30-12-10-26)27-15-18(22(25-27)29-2)16-7-5-4-6-8-16/h3-8,13-15H,1,9-12H2,2H3. The SMILES string of the molecule is C=Cc1cc2nc(-n3cc(-c4ccccc4)c(OC)n3)cc(N3CCOCC3)n2n1. The van der Waals surface area contributed by atoms with Crippen LogP contribution in [0.25, 0.3) is 28.7 Å². The zero-order valence-corrected chi connectivity index (χ0v) is 16.7. The molecule has 5 rings (SSSR count). The highest BCUT2D eigenvalue weighted by Crippen LogP contribution is 2.30. The number of fused-ring (bicyclic) bond motifs is 1. The van der Waals surface area contributed by atoms with Crippen LogP contribution in [0.2, 0.25) is 0 Å². The van der Waals surface area contributed by atoms with Crippen LogP contribution in [0.1, 0.15) is 5.69 Å². The van der Waals surface area contributed by atoms with E-state index < -0.39 is 0 Å². The third kappa shape index (κ3) is 3.21. The van der Waals surface area contributed by atoms with E-state index in [0.29, 0.717) is 24.9 Å². The van der Waals surface area contributed by atoms with Crippen molar-refractivity contribution in [2.45, 2.75) is 0 Å². The number of aromatic nitrogens is 5. The van der Waals surface area contributed by atoms with Gasteiger partial charge >= 0.3 is 0 Å². The average molecular weight is 402 g/mol. The Labute approximate surface area is 174 Å². The number of hydrogen-bond donors (Lipinski definition) is 0. The second kappa shape index (κ2) is 7.64. The molecular weight excluding hydrogens is 380 g/mol. The molecule has 0 aliphatic carbocycles. The summed E-state index contributed by atoms with van der Waals surface area (Å²) in [7, 11) is 1.63. The van der Waals surface area contributed by atoms with Crippen LogP contribution < -0.4 is 9.64 Å². The number of rotatable bonds is 5. The average Bonchev–Trinajstić information content (AvgIpc) is 3.43. The number of morpholine rings is 1. The van der Waals surface area contributed by atoms with Gasteiger partial charge in [-0.15, -0.1) is 5.10 Å². The van der Waals surface area contributed by atoms with Gasteiger partial charge in [0.25, 0.3) is 0 Å². The minimum Gasteiger partial charge on any atom is -0.479 e. The molecule has 1 saturated heterocycles. The zero-order valence-electron chi connectivity index (χ0n) is 16.7. The van der Waals surface area contributed by atoms with E-state index in [1.54, 1.807) is 17.9 Å². The first-order chi connectivity index (χ1) is 14.8. The van der Waals surface area contributed by atoms with E-state index >= 15 is 0 Å². The Bertz CT molecular complexity index is 1190. The molecular formula is C22H22N6O2. The van der Waals surface area contributed by atoms with Gasteiger partial charge in [-0.1, -0.05) is 36.9 Å². The molecule has 0 spiro atoms. The lowest BCUT2D eigenvalue weighted by Crippen LogP contribution is -2.37. The molecule has 0 N–H and O–H groups in total. The highest BCUT2D eigenvalue weighted by atomic mass is 16.5. The number of ether oxygens (including phenoxy) is 2. The minimum atomic E-state index is 0.552. The summed E-state index contributed by atoms with van der Waals surface area (Å²) in [6.45, 7) is 6.79. The smallest absolute Gasteiger partial charge is 0.240 e. The number of nitrogens with zero attached hydrogens (tertiary/aromatic N) is 6. The summed E-state index contributed by atoms with van der Waals surface area (Å²) < 4.78 is 14.7. The van der Waals surface area contributed by atoms with E-state index in [0.717, 1.165) is 41.4 Å². The summed E-state index contributed by atoms with van der Waals surface area (Å²) >= 11 is 0. The van der Waals surface area contributed by atoms with Gasteiger partial charge in [0, 0.05) is 31.4 Å². The Morgan fingerprint density at radius 3 is 2.63 bits per heavy atom. The lowest BCUT2D eigenvalue weighted by molar-refractivity contribution is 0.122. The van der Waals surface area contributed by atoms with Crippen molar-refractivity contribution in [1.82, 2.24) is 24.4 Å². The van der Waals surface area contributed by atoms with Crippen LogP contribution in [0.3, 0.4) is 0 Å². The molecule has 0 bridgehead atoms. The van der Waals surface area contributed by atoms with Crippen LogP contribution in [0.4, 0.5) is 5.82 Å². The first-order valence-corrected chi connectivity index (χ1v) is 9.82. The fourth-order valence-corrected chi connectivity index (χ4v) is 3.64. The van der Waals surface area contributed by atoms with Crippen molar-refractivity contribution < 1.29 is 9.47 Å². The number of hydrogen-bond acceptors (Lipinski definition) is 6. The molecule has 0 unspecified atom stereocenters. The maximum Gasteiger partial charge on any atom is 0.240 e. The monoisotopic (exact) mass is 402 g/mol. The first-order valence-electron chi connectivity index (χ1n) is 9.82. The van der Waals surface area contributed by atoms with E-state index in [-0.39, 0.29) is 0 Å². The Hall–Kier alpha value is -3.65. The quantitative estimate of drug-likeness (QED) is 0.511. The minimum absolute atomic E-state index is 0.552. The molecule has 0 amide bonds. The molecule has 1 fully saturated rings. The molecule has 3 aromatic heterocycles. The maximum atomic E-state index is 5.54. The van der Waals surface area contributed by atoms with Crippen LogP contribution in [-0.2, 0) is 4.74 Å². The summed E-state index contributed by atoms with van der Waals surface area (Å²) in [5, 5.41) is 9.26. The Morgan fingerprint density at radius 2 is 1.90 bits per heavy atom. The largest absolute Gasteiger partial charge is 0.479 e. The van der Waals surface area contributed by atoms with Gasteiger partial charge in [-0.3, -0.25) is 0 Å². The van der Waals surface area contributed by atoms with E-state index in [1.807, 2.05) is 53.2 Å². The highest BCUT2D eigenvalue weighted by Gasteiger charge is 2.20. The molecule has 0 radical (unpaired) electrons. The predicted octanol–water partition coefficient (Wildman–Crippen LogP) is 3.07. The van der Waals surface area contributed by atoms with Gasteiger partial charge in [-0.05, 0) is 11.6 Å². The van der Waals surface area contributed by atoms with E-state index in [9.17, 15) is 0 Å². The fourth-order valence-electron chi connectivity index (χ4n) is 3.64. The molecule has 30 heavy (non-hydrogen) atoms. The Balaban J connectivity index is 1.65. The normalized spacial score (nSPS) is 14.2. The summed E-state index contributed by atoms with van der Waals surface area (Å²) in [5.74, 6) is 2.19. The van der Waals surface area contributed by atoms with E-state index in [4.69, 9.17) is 14.5 Å². The van der Waals surface area contributed by atoms with Crippen LogP contribution in [0, 0.1) is 0 Å². The lowest BCUT2D eigenvalue weighted by Gasteiger charge is -2.29. The predicted molar refractivity (Wildman–Crippen MR) is 115 cm³/mol. The van der Waals surface area contributed by atoms with Crippen molar-refractivity contribution in [1.29, 1.82) is 0 Å².